The first-order valence-corrected chi connectivity index (χ1v) is 5.67. The minimum Gasteiger partial charge on any atom is -0.495 e. The summed E-state index contributed by atoms with van der Waals surface area (Å²) in [5.41, 5.74) is 2.08. The van der Waals surface area contributed by atoms with Crippen molar-refractivity contribution >= 4 is 17.6 Å². The minimum atomic E-state index is -0.936. The third-order valence-corrected chi connectivity index (χ3v) is 2.91. The van der Waals surface area contributed by atoms with Crippen molar-refractivity contribution < 1.29 is 14.6 Å². The average Bonchev–Trinajstić information content (AvgIpc) is 2.38. The molecule has 1 N–H and O–H groups in total. The van der Waals surface area contributed by atoms with Crippen molar-refractivity contribution in [2.45, 2.75) is 0 Å². The summed E-state index contributed by atoms with van der Waals surface area (Å²) in [6.45, 7) is 0. The summed E-state index contributed by atoms with van der Waals surface area (Å²) in [5.74, 6) is -0.322. The Balaban J connectivity index is 2.36. The van der Waals surface area contributed by atoms with Crippen molar-refractivity contribution in [2.75, 3.05) is 7.11 Å². The lowest BCUT2D eigenvalue weighted by Crippen LogP contribution is -1.95. The zero-order chi connectivity index (χ0) is 13.1. The normalized spacial score (nSPS) is 10.1. The van der Waals surface area contributed by atoms with Gasteiger partial charge in [0.15, 0.2) is 0 Å². The van der Waals surface area contributed by atoms with Crippen LogP contribution in [-0.4, -0.2) is 18.2 Å². The van der Waals surface area contributed by atoms with Crippen LogP contribution >= 0.6 is 11.6 Å². The smallest absolute Gasteiger partial charge is 0.335 e. The number of rotatable bonds is 3. The van der Waals surface area contributed by atoms with Crippen molar-refractivity contribution in [2.24, 2.45) is 0 Å². The summed E-state index contributed by atoms with van der Waals surface area (Å²) >= 11 is 6.04. The molecule has 0 heterocycles. The Hall–Kier alpha value is -2.00. The zero-order valence-corrected chi connectivity index (χ0v) is 10.4. The summed E-state index contributed by atoms with van der Waals surface area (Å²) < 4.78 is 5.08. The van der Waals surface area contributed by atoms with E-state index < -0.39 is 5.97 Å². The number of carbonyl (C=O) groups is 1. The van der Waals surface area contributed by atoms with Gasteiger partial charge in [-0.15, -0.1) is 0 Å². The van der Waals surface area contributed by atoms with E-state index in [0.29, 0.717) is 10.8 Å². The van der Waals surface area contributed by atoms with E-state index in [2.05, 4.69) is 0 Å². The molecule has 0 atom stereocenters. The Morgan fingerprint density at radius 3 is 2.22 bits per heavy atom. The van der Waals surface area contributed by atoms with Gasteiger partial charge in [0.25, 0.3) is 0 Å². The van der Waals surface area contributed by atoms with Crippen molar-refractivity contribution in [3.05, 3.63) is 53.1 Å². The predicted molar refractivity (Wildman–Crippen MR) is 70.4 cm³/mol. The van der Waals surface area contributed by atoms with Crippen molar-refractivity contribution in [1.29, 1.82) is 0 Å². The van der Waals surface area contributed by atoms with E-state index in [1.54, 1.807) is 43.5 Å². The van der Waals surface area contributed by atoms with Crippen LogP contribution in [0.4, 0.5) is 0 Å². The molecule has 3 nitrogen and oxygen atoms in total. The Kier molecular flexibility index (Phi) is 3.53. The highest BCUT2D eigenvalue weighted by molar-refractivity contribution is 6.32. The van der Waals surface area contributed by atoms with E-state index >= 15 is 0 Å². The van der Waals surface area contributed by atoms with Gasteiger partial charge in [0.1, 0.15) is 5.75 Å². The standard InChI is InChI=1S/C14H11ClO3/c1-18-13-7-6-11(8-12(13)15)9-2-4-10(5-3-9)14(16)17/h2-8H,1H3,(H,16,17). The second-order valence-electron chi connectivity index (χ2n) is 3.73. The molecule has 0 fully saturated rings. The lowest BCUT2D eigenvalue weighted by atomic mass is 10.0. The monoisotopic (exact) mass is 262 g/mol. The highest BCUT2D eigenvalue weighted by Gasteiger charge is 2.05. The predicted octanol–water partition coefficient (Wildman–Crippen LogP) is 3.71. The minimum absolute atomic E-state index is 0.262. The Morgan fingerprint density at radius 2 is 1.72 bits per heavy atom. The maximum absolute atomic E-state index is 10.7. The molecule has 18 heavy (non-hydrogen) atoms. The molecular weight excluding hydrogens is 252 g/mol. The Bertz CT molecular complexity index is 576. The molecule has 2 aromatic rings. The molecule has 0 aliphatic heterocycles. The van der Waals surface area contributed by atoms with Crippen molar-refractivity contribution in [3.8, 4) is 16.9 Å². The summed E-state index contributed by atoms with van der Waals surface area (Å²) in [5, 5.41) is 9.35. The number of carboxylic acid groups (broad SMARTS) is 1. The number of aromatic carboxylic acids is 1. The zero-order valence-electron chi connectivity index (χ0n) is 9.68. The number of hydrogen-bond acceptors (Lipinski definition) is 2. The van der Waals surface area contributed by atoms with Crippen LogP contribution in [0, 0.1) is 0 Å². The van der Waals surface area contributed by atoms with Gasteiger partial charge in [0.2, 0.25) is 0 Å². The molecular formula is C14H11ClO3. The summed E-state index contributed by atoms with van der Waals surface area (Å²) in [4.78, 5) is 10.7. The van der Waals surface area contributed by atoms with E-state index in [-0.39, 0.29) is 5.56 Å². The van der Waals surface area contributed by atoms with Crippen molar-refractivity contribution in [3.63, 3.8) is 0 Å². The van der Waals surface area contributed by atoms with Crippen LogP contribution < -0.4 is 4.74 Å². The molecule has 0 bridgehead atoms. The van der Waals surface area contributed by atoms with Gasteiger partial charge in [-0.3, -0.25) is 0 Å². The van der Waals surface area contributed by atoms with Crippen molar-refractivity contribution in [1.82, 2.24) is 0 Å². The first-order valence-electron chi connectivity index (χ1n) is 5.29. The van der Waals surface area contributed by atoms with Gasteiger partial charge in [-0.2, -0.15) is 0 Å². The Morgan fingerprint density at radius 1 is 1.11 bits per heavy atom. The highest BCUT2D eigenvalue weighted by atomic mass is 35.5. The van der Waals surface area contributed by atoms with Crippen LogP contribution in [0.5, 0.6) is 5.75 Å². The second-order valence-corrected chi connectivity index (χ2v) is 4.14. The molecule has 0 aliphatic carbocycles. The van der Waals surface area contributed by atoms with Crippen LogP contribution in [-0.2, 0) is 0 Å². The number of benzene rings is 2. The fourth-order valence-electron chi connectivity index (χ4n) is 1.65. The molecule has 0 saturated heterocycles. The van der Waals surface area contributed by atoms with Gasteiger partial charge < -0.3 is 9.84 Å². The third kappa shape index (κ3) is 2.46. The number of halogens is 1. The van der Waals surface area contributed by atoms with Crippen LogP contribution in [0.1, 0.15) is 10.4 Å². The molecule has 0 saturated carbocycles. The molecule has 0 aliphatic rings. The lowest BCUT2D eigenvalue weighted by Gasteiger charge is -2.06. The van der Waals surface area contributed by atoms with Gasteiger partial charge in [-0.25, -0.2) is 4.79 Å². The fourth-order valence-corrected chi connectivity index (χ4v) is 1.91. The summed E-state index contributed by atoms with van der Waals surface area (Å²) in [7, 11) is 1.56. The Labute approximate surface area is 110 Å². The first-order chi connectivity index (χ1) is 8.61. The second kappa shape index (κ2) is 5.10. The summed E-state index contributed by atoms with van der Waals surface area (Å²) in [6.07, 6.45) is 0. The van der Waals surface area contributed by atoms with Gasteiger partial charge in [-0.05, 0) is 35.4 Å². The summed E-state index contributed by atoms with van der Waals surface area (Å²) in [6, 6.07) is 12.1. The maximum Gasteiger partial charge on any atom is 0.335 e. The van der Waals surface area contributed by atoms with E-state index in [4.69, 9.17) is 21.4 Å². The SMILES string of the molecule is COc1ccc(-c2ccc(C(=O)O)cc2)cc1Cl. The fraction of sp³-hybridized carbons (Fsp3) is 0.0714. The quantitative estimate of drug-likeness (QED) is 0.917. The van der Waals surface area contributed by atoms with Crippen LogP contribution in [0.3, 0.4) is 0 Å². The molecule has 0 unspecified atom stereocenters. The molecule has 92 valence electrons. The highest BCUT2D eigenvalue weighted by Crippen LogP contribution is 2.30. The lowest BCUT2D eigenvalue weighted by molar-refractivity contribution is 0.0697. The molecule has 0 aromatic heterocycles. The number of hydrogen-bond donors (Lipinski definition) is 1. The molecule has 0 radical (unpaired) electrons. The van der Waals surface area contributed by atoms with E-state index in [9.17, 15) is 4.79 Å². The molecule has 2 rings (SSSR count). The molecule has 0 amide bonds. The van der Waals surface area contributed by atoms with E-state index in [1.165, 1.54) is 0 Å². The molecule has 4 heteroatoms. The van der Waals surface area contributed by atoms with Gasteiger partial charge >= 0.3 is 5.97 Å². The molecule has 0 spiro atoms. The van der Waals surface area contributed by atoms with Crippen LogP contribution in [0.15, 0.2) is 42.5 Å². The van der Waals surface area contributed by atoms with Gasteiger partial charge in [0, 0.05) is 0 Å². The largest absolute Gasteiger partial charge is 0.495 e. The van der Waals surface area contributed by atoms with Gasteiger partial charge in [0.05, 0.1) is 17.7 Å². The van der Waals surface area contributed by atoms with E-state index in [0.717, 1.165) is 11.1 Å². The first kappa shape index (κ1) is 12.5. The third-order valence-electron chi connectivity index (χ3n) is 2.62. The van der Waals surface area contributed by atoms with Crippen LogP contribution in [0.25, 0.3) is 11.1 Å². The number of carboxylic acids is 1. The number of methoxy groups -OCH3 is 1. The van der Waals surface area contributed by atoms with Gasteiger partial charge in [-0.1, -0.05) is 29.8 Å². The number of ether oxygens (including phenoxy) is 1. The van der Waals surface area contributed by atoms with E-state index in [1.807, 2.05) is 6.07 Å². The maximum atomic E-state index is 10.7. The van der Waals surface area contributed by atoms with Crippen LogP contribution in [0.2, 0.25) is 5.02 Å². The average molecular weight is 263 g/mol. The molecule has 2 aromatic carbocycles. The topological polar surface area (TPSA) is 46.5 Å².